The highest BCUT2D eigenvalue weighted by Crippen LogP contribution is 2.33. The second-order valence-corrected chi connectivity index (χ2v) is 5.51. The number of hydrogen-bond donors (Lipinski definition) is 2. The van der Waals surface area contributed by atoms with E-state index < -0.39 is 0 Å². The molecule has 0 aliphatic rings. The Morgan fingerprint density at radius 1 is 1.41 bits per heavy atom. The molecule has 0 saturated heterocycles. The van der Waals surface area contributed by atoms with Crippen LogP contribution in [0.5, 0.6) is 5.75 Å². The van der Waals surface area contributed by atoms with E-state index in [0.29, 0.717) is 15.5 Å². The van der Waals surface area contributed by atoms with Crippen molar-refractivity contribution in [1.29, 1.82) is 0 Å². The number of terminal acetylenes is 1. The van der Waals surface area contributed by atoms with Crippen LogP contribution >= 0.6 is 31.9 Å². The molecule has 1 unspecified atom stereocenters. The third-order valence-corrected chi connectivity index (χ3v) is 3.62. The van der Waals surface area contributed by atoms with Gasteiger partial charge in [-0.1, -0.05) is 19.3 Å². The molecule has 0 fully saturated rings. The Morgan fingerprint density at radius 2 is 2.00 bits per heavy atom. The fourth-order valence-electron chi connectivity index (χ4n) is 1.49. The maximum atomic E-state index is 9.59. The molecule has 1 aromatic rings. The highest BCUT2D eigenvalue weighted by Gasteiger charge is 2.07. The quantitative estimate of drug-likeness (QED) is 0.782. The summed E-state index contributed by atoms with van der Waals surface area (Å²) < 4.78 is 1.35. The molecule has 17 heavy (non-hydrogen) atoms. The summed E-state index contributed by atoms with van der Waals surface area (Å²) in [6.45, 7) is 2.80. The minimum absolute atomic E-state index is 0.103. The van der Waals surface area contributed by atoms with E-state index in [1.807, 2.05) is 12.1 Å². The van der Waals surface area contributed by atoms with Gasteiger partial charge in [-0.25, -0.2) is 0 Å². The number of phenols is 1. The highest BCUT2D eigenvalue weighted by atomic mass is 79.9. The van der Waals surface area contributed by atoms with Crippen LogP contribution in [-0.4, -0.2) is 11.1 Å². The second kappa shape index (κ2) is 7.05. The summed E-state index contributed by atoms with van der Waals surface area (Å²) in [4.78, 5) is 0. The van der Waals surface area contributed by atoms with Crippen LogP contribution in [0.15, 0.2) is 21.1 Å². The van der Waals surface area contributed by atoms with Gasteiger partial charge in [-0.2, -0.15) is 0 Å². The summed E-state index contributed by atoms with van der Waals surface area (Å²) in [6, 6.07) is 3.87. The van der Waals surface area contributed by atoms with Crippen LogP contribution in [-0.2, 0) is 6.54 Å². The lowest BCUT2D eigenvalue weighted by molar-refractivity contribution is 0.468. The lowest BCUT2D eigenvalue weighted by Crippen LogP contribution is -2.26. The number of aromatic hydroxyl groups is 1. The molecule has 1 atom stereocenters. The first kappa shape index (κ1) is 14.6. The summed E-state index contributed by atoms with van der Waals surface area (Å²) in [5.74, 6) is 2.95. The van der Waals surface area contributed by atoms with E-state index >= 15 is 0 Å². The van der Waals surface area contributed by atoms with Gasteiger partial charge < -0.3 is 5.11 Å². The van der Waals surface area contributed by atoms with Crippen molar-refractivity contribution in [2.24, 2.45) is 0 Å². The molecule has 0 amide bonds. The van der Waals surface area contributed by atoms with E-state index in [0.717, 1.165) is 18.4 Å². The molecule has 2 nitrogen and oxygen atoms in total. The molecule has 1 aromatic carbocycles. The fourth-order valence-corrected chi connectivity index (χ4v) is 2.78. The lowest BCUT2D eigenvalue weighted by Gasteiger charge is -2.12. The Bertz CT molecular complexity index is 403. The number of rotatable bonds is 5. The molecule has 4 heteroatoms. The maximum absolute atomic E-state index is 9.59. The highest BCUT2D eigenvalue weighted by molar-refractivity contribution is 9.11. The van der Waals surface area contributed by atoms with Crippen LogP contribution in [0.1, 0.15) is 25.3 Å². The first-order chi connectivity index (χ1) is 8.08. The minimum Gasteiger partial charge on any atom is -0.506 e. The largest absolute Gasteiger partial charge is 0.506 e. The van der Waals surface area contributed by atoms with E-state index in [9.17, 15) is 5.11 Å². The second-order valence-electron chi connectivity index (χ2n) is 3.80. The Kier molecular flexibility index (Phi) is 6.04. The van der Waals surface area contributed by atoms with Crippen LogP contribution in [0.2, 0.25) is 0 Å². The molecule has 0 spiro atoms. The van der Waals surface area contributed by atoms with E-state index in [1.54, 1.807) is 0 Å². The molecule has 2 N–H and O–H groups in total. The van der Waals surface area contributed by atoms with Crippen molar-refractivity contribution in [3.05, 3.63) is 26.6 Å². The van der Waals surface area contributed by atoms with Gasteiger partial charge in [0.15, 0.2) is 0 Å². The zero-order chi connectivity index (χ0) is 12.8. The summed E-state index contributed by atoms with van der Waals surface area (Å²) in [5.41, 5.74) is 1.07. The monoisotopic (exact) mass is 359 g/mol. The Morgan fingerprint density at radius 3 is 2.47 bits per heavy atom. The van der Waals surface area contributed by atoms with Crippen molar-refractivity contribution < 1.29 is 5.11 Å². The molecular formula is C13H15Br2NO. The molecule has 0 heterocycles. The molecule has 0 aliphatic carbocycles. The van der Waals surface area contributed by atoms with Crippen LogP contribution in [0.4, 0.5) is 0 Å². The summed E-state index contributed by atoms with van der Waals surface area (Å²) in [7, 11) is 0. The lowest BCUT2D eigenvalue weighted by atomic mass is 10.1. The third-order valence-electron chi connectivity index (χ3n) is 2.41. The number of nitrogens with one attached hydrogen (secondary N) is 1. The average Bonchev–Trinajstić information content (AvgIpc) is 2.31. The Labute approximate surface area is 119 Å². The Balaban J connectivity index is 2.67. The summed E-state index contributed by atoms with van der Waals surface area (Å²) in [6.07, 6.45) is 7.47. The molecule has 1 rings (SSSR count). The Hall–Kier alpha value is -0.500. The maximum Gasteiger partial charge on any atom is 0.143 e. The van der Waals surface area contributed by atoms with Crippen LogP contribution in [0.25, 0.3) is 0 Å². The molecule has 0 radical (unpaired) electrons. The zero-order valence-corrected chi connectivity index (χ0v) is 12.8. The van der Waals surface area contributed by atoms with E-state index in [4.69, 9.17) is 6.42 Å². The van der Waals surface area contributed by atoms with Gasteiger partial charge in [0.2, 0.25) is 0 Å². The van der Waals surface area contributed by atoms with Gasteiger partial charge in [0.1, 0.15) is 5.75 Å². The molecule has 0 aliphatic heterocycles. The average molecular weight is 361 g/mol. The van der Waals surface area contributed by atoms with Gasteiger partial charge >= 0.3 is 0 Å². The molecule has 0 aromatic heterocycles. The fraction of sp³-hybridized carbons (Fsp3) is 0.385. The standard InChI is InChI=1S/C13H15Br2NO/c1-3-5-10(4-2)16-8-9-6-11(14)13(17)12(15)7-9/h2,6-7,10,16-17H,3,5,8H2,1H3. The number of benzene rings is 1. The van der Waals surface area contributed by atoms with E-state index in [-0.39, 0.29) is 11.8 Å². The van der Waals surface area contributed by atoms with E-state index in [2.05, 4.69) is 50.0 Å². The molecule has 0 saturated carbocycles. The van der Waals surface area contributed by atoms with Crippen molar-refractivity contribution >= 4 is 31.9 Å². The first-order valence-electron chi connectivity index (χ1n) is 5.44. The summed E-state index contributed by atoms with van der Waals surface area (Å²) in [5, 5.41) is 12.9. The third kappa shape index (κ3) is 4.34. The van der Waals surface area contributed by atoms with Crippen molar-refractivity contribution in [1.82, 2.24) is 5.32 Å². The predicted octanol–water partition coefficient (Wildman–Crippen LogP) is 3.81. The van der Waals surface area contributed by atoms with Gasteiger partial charge in [0, 0.05) is 6.54 Å². The van der Waals surface area contributed by atoms with Gasteiger partial charge in [-0.05, 0) is 56.0 Å². The molecule has 92 valence electrons. The van der Waals surface area contributed by atoms with Crippen molar-refractivity contribution in [3.8, 4) is 18.1 Å². The first-order valence-corrected chi connectivity index (χ1v) is 7.03. The number of halogens is 2. The van der Waals surface area contributed by atoms with Crippen LogP contribution in [0, 0.1) is 12.3 Å². The van der Waals surface area contributed by atoms with Crippen molar-refractivity contribution in [2.75, 3.05) is 0 Å². The van der Waals surface area contributed by atoms with Gasteiger partial charge in [0.05, 0.1) is 15.0 Å². The number of phenolic OH excluding ortho intramolecular Hbond substituents is 1. The predicted molar refractivity (Wildman–Crippen MR) is 77.9 cm³/mol. The SMILES string of the molecule is C#CC(CCC)NCc1cc(Br)c(O)c(Br)c1. The number of hydrogen-bond acceptors (Lipinski definition) is 2. The van der Waals surface area contributed by atoms with Gasteiger partial charge in [0.25, 0.3) is 0 Å². The van der Waals surface area contributed by atoms with Gasteiger partial charge in [-0.3, -0.25) is 5.32 Å². The van der Waals surface area contributed by atoms with Crippen LogP contribution < -0.4 is 5.32 Å². The minimum atomic E-state index is 0.103. The normalized spacial score (nSPS) is 12.1. The molecule has 0 bridgehead atoms. The topological polar surface area (TPSA) is 32.3 Å². The van der Waals surface area contributed by atoms with Crippen molar-refractivity contribution in [2.45, 2.75) is 32.4 Å². The molecular weight excluding hydrogens is 346 g/mol. The van der Waals surface area contributed by atoms with Crippen LogP contribution in [0.3, 0.4) is 0 Å². The summed E-state index contributed by atoms with van der Waals surface area (Å²) >= 11 is 6.61. The zero-order valence-electron chi connectivity index (χ0n) is 9.63. The smallest absolute Gasteiger partial charge is 0.143 e. The van der Waals surface area contributed by atoms with Gasteiger partial charge in [-0.15, -0.1) is 6.42 Å². The van der Waals surface area contributed by atoms with E-state index in [1.165, 1.54) is 0 Å². The van der Waals surface area contributed by atoms with Crippen molar-refractivity contribution in [3.63, 3.8) is 0 Å².